The number of ether oxygens (including phenoxy) is 1. The molecule has 0 saturated carbocycles. The van der Waals surface area contributed by atoms with Gasteiger partial charge in [0.1, 0.15) is 6.04 Å². The van der Waals surface area contributed by atoms with Crippen LogP contribution in [0, 0.1) is 0 Å². The van der Waals surface area contributed by atoms with Crippen LogP contribution in [0.3, 0.4) is 0 Å². The molecular weight excluding hydrogens is 303 g/mol. The lowest BCUT2D eigenvalue weighted by molar-refractivity contribution is -0.137. The van der Waals surface area contributed by atoms with Crippen LogP contribution in [-0.4, -0.2) is 42.6 Å². The van der Waals surface area contributed by atoms with E-state index in [1.54, 1.807) is 0 Å². The van der Waals surface area contributed by atoms with Gasteiger partial charge in [0.2, 0.25) is 5.91 Å². The summed E-state index contributed by atoms with van der Waals surface area (Å²) in [6.07, 6.45) is -4.50. The van der Waals surface area contributed by atoms with Crippen LogP contribution in [0.5, 0.6) is 0 Å². The standard InChI is InChI=1S/C13H14F3N3O3/c14-13(15,16)8-2-1-3-9(6-8)18-12(21)19-4-5-22-7-10(19)11(17)20/h1-3,6,10H,4-5,7H2,(H2,17,20)(H,18,21). The summed E-state index contributed by atoms with van der Waals surface area (Å²) in [5.41, 5.74) is 4.29. The van der Waals surface area contributed by atoms with Gasteiger partial charge in [0, 0.05) is 12.2 Å². The average molecular weight is 317 g/mol. The number of rotatable bonds is 2. The summed E-state index contributed by atoms with van der Waals surface area (Å²) < 4.78 is 42.9. The molecule has 2 rings (SSSR count). The van der Waals surface area contributed by atoms with Gasteiger partial charge in [-0.15, -0.1) is 0 Å². The van der Waals surface area contributed by atoms with E-state index in [0.29, 0.717) is 0 Å². The Kier molecular flexibility index (Phi) is 4.55. The van der Waals surface area contributed by atoms with Crippen LogP contribution in [0.4, 0.5) is 23.7 Å². The van der Waals surface area contributed by atoms with Gasteiger partial charge in [-0.3, -0.25) is 4.79 Å². The number of primary amides is 1. The van der Waals surface area contributed by atoms with Crippen LogP contribution in [-0.2, 0) is 15.7 Å². The molecule has 1 saturated heterocycles. The van der Waals surface area contributed by atoms with Gasteiger partial charge >= 0.3 is 12.2 Å². The van der Waals surface area contributed by atoms with Crippen LogP contribution < -0.4 is 11.1 Å². The van der Waals surface area contributed by atoms with Crippen molar-refractivity contribution >= 4 is 17.6 Å². The van der Waals surface area contributed by atoms with Crippen molar-refractivity contribution in [3.8, 4) is 0 Å². The first kappa shape index (κ1) is 16.1. The molecule has 1 atom stereocenters. The maximum absolute atomic E-state index is 12.6. The molecule has 120 valence electrons. The van der Waals surface area contributed by atoms with E-state index in [4.69, 9.17) is 10.5 Å². The number of halogens is 3. The van der Waals surface area contributed by atoms with Crippen molar-refractivity contribution in [1.82, 2.24) is 4.90 Å². The molecule has 0 aromatic heterocycles. The number of morpholine rings is 1. The first-order chi connectivity index (χ1) is 10.3. The summed E-state index contributed by atoms with van der Waals surface area (Å²) in [5, 5.41) is 2.33. The number of urea groups is 1. The van der Waals surface area contributed by atoms with Crippen molar-refractivity contribution in [2.24, 2.45) is 5.73 Å². The molecule has 0 radical (unpaired) electrons. The number of anilines is 1. The number of amides is 3. The van der Waals surface area contributed by atoms with Crippen LogP contribution >= 0.6 is 0 Å². The van der Waals surface area contributed by atoms with Crippen LogP contribution in [0.15, 0.2) is 24.3 Å². The minimum Gasteiger partial charge on any atom is -0.377 e. The molecule has 1 fully saturated rings. The highest BCUT2D eigenvalue weighted by atomic mass is 19.4. The molecule has 1 unspecified atom stereocenters. The largest absolute Gasteiger partial charge is 0.416 e. The van der Waals surface area contributed by atoms with Gasteiger partial charge in [0.15, 0.2) is 0 Å². The van der Waals surface area contributed by atoms with Gasteiger partial charge in [0.25, 0.3) is 0 Å². The number of benzene rings is 1. The molecule has 0 spiro atoms. The van der Waals surface area contributed by atoms with Crippen molar-refractivity contribution < 1.29 is 27.5 Å². The topological polar surface area (TPSA) is 84.7 Å². The molecule has 22 heavy (non-hydrogen) atoms. The van der Waals surface area contributed by atoms with Crippen molar-refractivity contribution in [3.05, 3.63) is 29.8 Å². The third-order valence-electron chi connectivity index (χ3n) is 3.16. The van der Waals surface area contributed by atoms with E-state index in [1.165, 1.54) is 12.1 Å². The predicted molar refractivity (Wildman–Crippen MR) is 71.0 cm³/mol. The Morgan fingerprint density at radius 2 is 2.09 bits per heavy atom. The molecule has 0 aliphatic carbocycles. The Labute approximate surface area is 124 Å². The number of hydrogen-bond donors (Lipinski definition) is 2. The highest BCUT2D eigenvalue weighted by molar-refractivity contribution is 5.93. The molecule has 3 N–H and O–H groups in total. The van der Waals surface area contributed by atoms with E-state index < -0.39 is 29.7 Å². The highest BCUT2D eigenvalue weighted by Crippen LogP contribution is 2.30. The third-order valence-corrected chi connectivity index (χ3v) is 3.16. The van der Waals surface area contributed by atoms with Crippen molar-refractivity contribution in [3.63, 3.8) is 0 Å². The second-order valence-corrected chi connectivity index (χ2v) is 4.70. The Balaban J connectivity index is 2.12. The van der Waals surface area contributed by atoms with Crippen LogP contribution in [0.25, 0.3) is 0 Å². The fourth-order valence-corrected chi connectivity index (χ4v) is 2.05. The minimum absolute atomic E-state index is 0.0189. The second-order valence-electron chi connectivity index (χ2n) is 4.70. The van der Waals surface area contributed by atoms with Crippen molar-refractivity contribution in [2.75, 3.05) is 25.1 Å². The molecule has 1 heterocycles. The second kappa shape index (κ2) is 6.22. The van der Waals surface area contributed by atoms with E-state index in [2.05, 4.69) is 5.32 Å². The van der Waals surface area contributed by atoms with E-state index in [1.807, 2.05) is 0 Å². The van der Waals surface area contributed by atoms with Gasteiger partial charge in [-0.05, 0) is 18.2 Å². The van der Waals surface area contributed by atoms with Gasteiger partial charge in [-0.2, -0.15) is 13.2 Å². The van der Waals surface area contributed by atoms with Gasteiger partial charge in [-0.1, -0.05) is 6.07 Å². The Morgan fingerprint density at radius 3 is 2.73 bits per heavy atom. The minimum atomic E-state index is -4.50. The lowest BCUT2D eigenvalue weighted by atomic mass is 10.2. The summed E-state index contributed by atoms with van der Waals surface area (Å²) in [6, 6.07) is 2.58. The van der Waals surface area contributed by atoms with E-state index in [-0.39, 0.29) is 25.4 Å². The summed E-state index contributed by atoms with van der Waals surface area (Å²) in [4.78, 5) is 24.5. The zero-order valence-corrected chi connectivity index (χ0v) is 11.4. The van der Waals surface area contributed by atoms with E-state index in [0.717, 1.165) is 17.0 Å². The summed E-state index contributed by atoms with van der Waals surface area (Å²) >= 11 is 0. The summed E-state index contributed by atoms with van der Waals surface area (Å²) in [6.45, 7) is 0.309. The number of nitrogens with two attached hydrogens (primary N) is 1. The normalized spacial score (nSPS) is 18.9. The Bertz CT molecular complexity index is 577. The first-order valence-corrected chi connectivity index (χ1v) is 6.41. The summed E-state index contributed by atoms with van der Waals surface area (Å²) in [5.74, 6) is -0.737. The highest BCUT2D eigenvalue weighted by Gasteiger charge is 2.33. The molecule has 6 nitrogen and oxygen atoms in total. The Hall–Kier alpha value is -2.29. The number of nitrogens with zero attached hydrogens (tertiary/aromatic N) is 1. The molecule has 1 aliphatic rings. The molecule has 3 amide bonds. The average Bonchev–Trinajstić information content (AvgIpc) is 2.46. The molecule has 1 aliphatic heterocycles. The Morgan fingerprint density at radius 1 is 1.36 bits per heavy atom. The SMILES string of the molecule is NC(=O)C1COCCN1C(=O)Nc1cccc(C(F)(F)F)c1. The molecule has 1 aromatic rings. The summed E-state index contributed by atoms with van der Waals surface area (Å²) in [7, 11) is 0. The molecule has 1 aromatic carbocycles. The van der Waals surface area contributed by atoms with E-state index >= 15 is 0 Å². The van der Waals surface area contributed by atoms with Gasteiger partial charge in [0.05, 0.1) is 18.8 Å². The number of nitrogens with one attached hydrogen (secondary N) is 1. The number of carbonyl (C=O) groups excluding carboxylic acids is 2. The zero-order chi connectivity index (χ0) is 16.3. The van der Waals surface area contributed by atoms with Crippen LogP contribution in [0.2, 0.25) is 0 Å². The zero-order valence-electron chi connectivity index (χ0n) is 11.4. The molecule has 0 bridgehead atoms. The lowest BCUT2D eigenvalue weighted by Crippen LogP contribution is -2.55. The van der Waals surface area contributed by atoms with Gasteiger partial charge in [-0.25, -0.2) is 4.79 Å². The van der Waals surface area contributed by atoms with Crippen molar-refractivity contribution in [1.29, 1.82) is 0 Å². The number of hydrogen-bond acceptors (Lipinski definition) is 3. The lowest BCUT2D eigenvalue weighted by Gasteiger charge is -2.33. The third kappa shape index (κ3) is 3.67. The van der Waals surface area contributed by atoms with Crippen LogP contribution in [0.1, 0.15) is 5.56 Å². The fraction of sp³-hybridized carbons (Fsp3) is 0.385. The quantitative estimate of drug-likeness (QED) is 0.865. The van der Waals surface area contributed by atoms with Crippen molar-refractivity contribution in [2.45, 2.75) is 12.2 Å². The predicted octanol–water partition coefficient (Wildman–Crippen LogP) is 1.42. The monoisotopic (exact) mass is 317 g/mol. The number of carbonyl (C=O) groups is 2. The molecule has 9 heteroatoms. The molecular formula is C13H14F3N3O3. The van der Waals surface area contributed by atoms with Gasteiger partial charge < -0.3 is 20.7 Å². The maximum atomic E-state index is 12.6. The smallest absolute Gasteiger partial charge is 0.377 e. The fourth-order valence-electron chi connectivity index (χ4n) is 2.05. The first-order valence-electron chi connectivity index (χ1n) is 6.41. The number of alkyl halides is 3. The van der Waals surface area contributed by atoms with E-state index in [9.17, 15) is 22.8 Å². The maximum Gasteiger partial charge on any atom is 0.416 e.